The number of nitrogens with zero attached hydrogens (tertiary/aromatic N) is 4. The molecule has 2 heterocycles. The lowest BCUT2D eigenvalue weighted by atomic mass is 10.1. The molecule has 1 amide bonds. The molecule has 10 nitrogen and oxygen atoms in total. The summed E-state index contributed by atoms with van der Waals surface area (Å²) in [5.41, 5.74) is 6.05. The van der Waals surface area contributed by atoms with Crippen molar-refractivity contribution in [2.75, 3.05) is 32.8 Å². The third-order valence-electron chi connectivity index (χ3n) is 3.77. The normalized spacial score (nSPS) is 17.7. The van der Waals surface area contributed by atoms with Crippen molar-refractivity contribution in [2.45, 2.75) is 24.9 Å². The number of aliphatic hydroxyl groups is 1. The first-order chi connectivity index (χ1) is 11.0. The molecule has 1 aliphatic rings. The van der Waals surface area contributed by atoms with Crippen molar-refractivity contribution >= 4 is 11.9 Å². The molecule has 5 N–H and O–H groups in total. The minimum absolute atomic E-state index is 0.120. The molecule has 23 heavy (non-hydrogen) atoms. The third-order valence-corrected chi connectivity index (χ3v) is 3.77. The maximum atomic E-state index is 12.7. The number of nitrogens with two attached hydrogens (primary N) is 1. The van der Waals surface area contributed by atoms with E-state index in [1.54, 1.807) is 4.90 Å². The van der Waals surface area contributed by atoms with E-state index in [9.17, 15) is 9.59 Å². The summed E-state index contributed by atoms with van der Waals surface area (Å²) in [5.74, 6) is -1.16. The van der Waals surface area contributed by atoms with Gasteiger partial charge < -0.3 is 26.2 Å². The van der Waals surface area contributed by atoms with Crippen LogP contribution in [-0.4, -0.2) is 74.8 Å². The zero-order valence-corrected chi connectivity index (χ0v) is 12.8. The second-order valence-corrected chi connectivity index (χ2v) is 5.44. The number of rotatable bonds is 7. The Balaban J connectivity index is 2.16. The van der Waals surface area contributed by atoms with Gasteiger partial charge in [0.2, 0.25) is 5.91 Å². The van der Waals surface area contributed by atoms with Crippen LogP contribution in [0.2, 0.25) is 0 Å². The Kier molecular flexibility index (Phi) is 6.02. The lowest BCUT2D eigenvalue weighted by Crippen LogP contribution is -2.48. The van der Waals surface area contributed by atoms with Crippen molar-refractivity contribution in [3.63, 3.8) is 0 Å². The fourth-order valence-corrected chi connectivity index (χ4v) is 2.43. The summed E-state index contributed by atoms with van der Waals surface area (Å²) in [5, 5.41) is 28.9. The number of hydrogen-bond acceptors (Lipinski definition) is 7. The number of carboxylic acid groups (broad SMARTS) is 1. The zero-order chi connectivity index (χ0) is 16.8. The van der Waals surface area contributed by atoms with E-state index in [4.69, 9.17) is 15.9 Å². The molecule has 0 unspecified atom stereocenters. The summed E-state index contributed by atoms with van der Waals surface area (Å²) in [7, 11) is 0. The molecule has 0 saturated carbocycles. The molecule has 1 aromatic heterocycles. The summed E-state index contributed by atoms with van der Waals surface area (Å²) in [4.78, 5) is 25.2. The largest absolute Gasteiger partial charge is 0.481 e. The van der Waals surface area contributed by atoms with Gasteiger partial charge in [0.05, 0.1) is 18.8 Å². The second-order valence-electron chi connectivity index (χ2n) is 5.44. The highest BCUT2D eigenvalue weighted by Crippen LogP contribution is 2.18. The number of hydrogen-bond donors (Lipinski definition) is 4. The van der Waals surface area contributed by atoms with Crippen LogP contribution < -0.4 is 11.1 Å². The second kappa shape index (κ2) is 7.99. The number of amides is 1. The van der Waals surface area contributed by atoms with Gasteiger partial charge in [0.15, 0.2) is 0 Å². The van der Waals surface area contributed by atoms with Crippen molar-refractivity contribution in [2.24, 2.45) is 5.73 Å². The van der Waals surface area contributed by atoms with E-state index < -0.39 is 18.1 Å². The Morgan fingerprint density at radius 3 is 2.70 bits per heavy atom. The molecular weight excluding hydrogens is 304 g/mol. The Bertz CT molecular complexity index is 542. The van der Waals surface area contributed by atoms with Crippen LogP contribution in [0.1, 0.15) is 30.6 Å². The van der Waals surface area contributed by atoms with E-state index in [0.29, 0.717) is 31.9 Å². The summed E-state index contributed by atoms with van der Waals surface area (Å²) < 4.78 is 1.35. The van der Waals surface area contributed by atoms with Gasteiger partial charge in [-0.15, -0.1) is 5.10 Å². The van der Waals surface area contributed by atoms with Crippen molar-refractivity contribution < 1.29 is 19.8 Å². The van der Waals surface area contributed by atoms with Gasteiger partial charge in [0.1, 0.15) is 11.7 Å². The first kappa shape index (κ1) is 17.3. The number of nitrogens with one attached hydrogen (secondary N) is 1. The van der Waals surface area contributed by atoms with E-state index in [1.165, 1.54) is 10.9 Å². The van der Waals surface area contributed by atoms with Crippen LogP contribution >= 0.6 is 0 Å². The van der Waals surface area contributed by atoms with E-state index in [1.807, 2.05) is 0 Å². The molecule has 0 bridgehead atoms. The highest BCUT2D eigenvalue weighted by molar-refractivity contribution is 5.81. The number of piperazine rings is 1. The molecule has 2 atom stereocenters. The minimum atomic E-state index is -0.976. The molecule has 0 radical (unpaired) electrons. The topological polar surface area (TPSA) is 147 Å². The molecule has 1 fully saturated rings. The molecule has 10 heteroatoms. The van der Waals surface area contributed by atoms with Gasteiger partial charge in [-0.3, -0.25) is 9.59 Å². The van der Waals surface area contributed by atoms with Gasteiger partial charge in [-0.2, -0.15) is 0 Å². The monoisotopic (exact) mass is 326 g/mol. The molecule has 0 aromatic carbocycles. The zero-order valence-electron chi connectivity index (χ0n) is 12.8. The number of carbonyl (C=O) groups is 2. The van der Waals surface area contributed by atoms with Gasteiger partial charge in [-0.25, -0.2) is 4.68 Å². The van der Waals surface area contributed by atoms with Crippen LogP contribution in [0.15, 0.2) is 6.20 Å². The van der Waals surface area contributed by atoms with Crippen LogP contribution in [0.25, 0.3) is 0 Å². The van der Waals surface area contributed by atoms with E-state index >= 15 is 0 Å². The number of aliphatic hydroxyl groups excluding tert-OH is 1. The molecule has 128 valence electrons. The molecule has 1 aliphatic heterocycles. The molecule has 2 rings (SSSR count). The molecular formula is C13H22N6O4. The van der Waals surface area contributed by atoms with E-state index in [-0.39, 0.29) is 25.4 Å². The Labute approximate surface area is 133 Å². The Hall–Kier alpha value is -2.04. The third kappa shape index (κ3) is 4.47. The predicted octanol–water partition coefficient (Wildman–Crippen LogP) is -1.89. The van der Waals surface area contributed by atoms with Crippen molar-refractivity contribution in [1.82, 2.24) is 25.2 Å². The highest BCUT2D eigenvalue weighted by atomic mass is 16.4. The Morgan fingerprint density at radius 1 is 1.39 bits per heavy atom. The van der Waals surface area contributed by atoms with E-state index in [0.717, 1.165) is 0 Å². The number of carboxylic acids is 1. The van der Waals surface area contributed by atoms with Gasteiger partial charge in [-0.05, 0) is 6.42 Å². The highest BCUT2D eigenvalue weighted by Gasteiger charge is 2.29. The first-order valence-corrected chi connectivity index (χ1v) is 7.52. The number of carbonyl (C=O) groups excluding carboxylic acids is 1. The van der Waals surface area contributed by atoms with Gasteiger partial charge in [0, 0.05) is 32.6 Å². The summed E-state index contributed by atoms with van der Waals surface area (Å²) in [6.45, 7) is 2.26. The van der Waals surface area contributed by atoms with Crippen LogP contribution in [0.5, 0.6) is 0 Å². The SMILES string of the molecule is N[C@@H](CO)c1cn([C@@H](CCC(=O)O)C(=O)N2CCNCC2)nn1. The maximum Gasteiger partial charge on any atom is 0.303 e. The van der Waals surface area contributed by atoms with Crippen LogP contribution in [0.4, 0.5) is 0 Å². The fraction of sp³-hybridized carbons (Fsp3) is 0.692. The number of aliphatic carboxylic acids is 1. The van der Waals surface area contributed by atoms with Crippen molar-refractivity contribution in [3.8, 4) is 0 Å². The summed E-state index contributed by atoms with van der Waals surface area (Å²) >= 11 is 0. The van der Waals surface area contributed by atoms with E-state index in [2.05, 4.69) is 15.6 Å². The standard InChI is InChI=1S/C13H22N6O4/c14-9(8-20)10-7-19(17-16-10)11(1-2-12(21)22)13(23)18-5-3-15-4-6-18/h7,9,11,15,20H,1-6,8,14H2,(H,21,22)/t9-,11-/m0/s1. The van der Waals surface area contributed by atoms with Gasteiger partial charge in [0.25, 0.3) is 0 Å². The van der Waals surface area contributed by atoms with Gasteiger partial charge in [-0.1, -0.05) is 5.21 Å². The average Bonchev–Trinajstić information content (AvgIpc) is 3.04. The van der Waals surface area contributed by atoms with Gasteiger partial charge >= 0.3 is 5.97 Å². The minimum Gasteiger partial charge on any atom is -0.481 e. The quantitative estimate of drug-likeness (QED) is 0.455. The molecule has 1 aromatic rings. The lowest BCUT2D eigenvalue weighted by molar-refractivity contribution is -0.139. The van der Waals surface area contributed by atoms with Crippen LogP contribution in [0.3, 0.4) is 0 Å². The maximum absolute atomic E-state index is 12.7. The van der Waals surface area contributed by atoms with Crippen molar-refractivity contribution in [3.05, 3.63) is 11.9 Å². The summed E-state index contributed by atoms with van der Waals surface area (Å²) in [6.07, 6.45) is 1.46. The predicted molar refractivity (Wildman–Crippen MR) is 79.4 cm³/mol. The average molecular weight is 326 g/mol. The lowest BCUT2D eigenvalue weighted by Gasteiger charge is -2.30. The van der Waals surface area contributed by atoms with Crippen LogP contribution in [-0.2, 0) is 9.59 Å². The van der Waals surface area contributed by atoms with Crippen molar-refractivity contribution in [1.29, 1.82) is 0 Å². The molecule has 0 spiro atoms. The smallest absolute Gasteiger partial charge is 0.303 e. The first-order valence-electron chi connectivity index (χ1n) is 7.52. The molecule has 0 aliphatic carbocycles. The Morgan fingerprint density at radius 2 is 2.09 bits per heavy atom. The fourth-order valence-electron chi connectivity index (χ4n) is 2.43. The van der Waals surface area contributed by atoms with Crippen LogP contribution in [0, 0.1) is 0 Å². The molecule has 1 saturated heterocycles. The number of aromatic nitrogens is 3. The summed E-state index contributed by atoms with van der Waals surface area (Å²) in [6, 6.07) is -1.42.